The first-order valence-electron chi connectivity index (χ1n) is 3.73. The number of hydrogen-bond acceptors (Lipinski definition) is 1. The van der Waals surface area contributed by atoms with Crippen LogP contribution in [0.15, 0.2) is 43.0 Å². The van der Waals surface area contributed by atoms with Crippen molar-refractivity contribution in [3.05, 3.63) is 48.6 Å². The second kappa shape index (κ2) is 3.94. The van der Waals surface area contributed by atoms with Crippen LogP contribution < -0.4 is 5.32 Å². The lowest BCUT2D eigenvalue weighted by Crippen LogP contribution is -2.12. The number of rotatable bonds is 3. The molecule has 0 bridgehead atoms. The topological polar surface area (TPSA) is 12.0 Å². The van der Waals surface area contributed by atoms with Crippen molar-refractivity contribution in [2.45, 2.75) is 6.04 Å². The summed E-state index contributed by atoms with van der Waals surface area (Å²) >= 11 is 0. The van der Waals surface area contributed by atoms with Crippen LogP contribution in [-0.4, -0.2) is 7.05 Å². The fraction of sp³-hybridized carbons (Fsp3) is 0.200. The molecular formula is C10H13N. The van der Waals surface area contributed by atoms with Crippen molar-refractivity contribution < 1.29 is 0 Å². The third-order valence-electron chi connectivity index (χ3n) is 1.71. The Morgan fingerprint density at radius 3 is 2.45 bits per heavy atom. The average molecular weight is 147 g/mol. The molecule has 1 N–H and O–H groups in total. The van der Waals surface area contributed by atoms with Crippen LogP contribution in [0, 0.1) is 0 Å². The molecule has 11 heavy (non-hydrogen) atoms. The van der Waals surface area contributed by atoms with Crippen LogP contribution in [0.3, 0.4) is 0 Å². The van der Waals surface area contributed by atoms with Gasteiger partial charge in [0.15, 0.2) is 0 Å². The first-order valence-corrected chi connectivity index (χ1v) is 3.73. The van der Waals surface area contributed by atoms with Crippen LogP contribution in [0.2, 0.25) is 0 Å². The van der Waals surface area contributed by atoms with Gasteiger partial charge in [-0.2, -0.15) is 0 Å². The minimum absolute atomic E-state index is 0.274. The normalized spacial score (nSPS) is 12.5. The predicted octanol–water partition coefficient (Wildman–Crippen LogP) is 2.13. The summed E-state index contributed by atoms with van der Waals surface area (Å²) in [5, 5.41) is 3.15. The molecule has 0 spiro atoms. The second-order valence-electron chi connectivity index (χ2n) is 2.41. The van der Waals surface area contributed by atoms with E-state index >= 15 is 0 Å². The van der Waals surface area contributed by atoms with E-state index in [0.717, 1.165) is 0 Å². The highest BCUT2D eigenvalue weighted by Gasteiger charge is 2.00. The molecule has 1 atom stereocenters. The van der Waals surface area contributed by atoms with Gasteiger partial charge in [0.2, 0.25) is 0 Å². The van der Waals surface area contributed by atoms with Gasteiger partial charge in [0.1, 0.15) is 0 Å². The van der Waals surface area contributed by atoms with Gasteiger partial charge in [-0.25, -0.2) is 0 Å². The summed E-state index contributed by atoms with van der Waals surface area (Å²) in [5.41, 5.74) is 1.25. The smallest absolute Gasteiger partial charge is 0.0501 e. The summed E-state index contributed by atoms with van der Waals surface area (Å²) in [5.74, 6) is 0. The minimum atomic E-state index is 0.274. The Balaban J connectivity index is 2.82. The summed E-state index contributed by atoms with van der Waals surface area (Å²) in [6.07, 6.45) is 1.90. The highest BCUT2D eigenvalue weighted by Crippen LogP contribution is 2.11. The Kier molecular flexibility index (Phi) is 2.87. The van der Waals surface area contributed by atoms with E-state index in [0.29, 0.717) is 0 Å². The number of likely N-dealkylation sites (N-methyl/N-ethyl adjacent to an activating group) is 1. The molecule has 0 aliphatic carbocycles. The minimum Gasteiger partial charge on any atom is -0.310 e. The number of benzene rings is 1. The Labute approximate surface area is 67.8 Å². The quantitative estimate of drug-likeness (QED) is 0.646. The Morgan fingerprint density at radius 2 is 2.00 bits per heavy atom. The largest absolute Gasteiger partial charge is 0.310 e. The van der Waals surface area contributed by atoms with Crippen molar-refractivity contribution in [1.29, 1.82) is 0 Å². The molecule has 0 heterocycles. The van der Waals surface area contributed by atoms with Crippen LogP contribution in [0.4, 0.5) is 0 Å². The van der Waals surface area contributed by atoms with E-state index in [-0.39, 0.29) is 6.04 Å². The molecule has 0 saturated heterocycles. The van der Waals surface area contributed by atoms with Gasteiger partial charge < -0.3 is 5.32 Å². The fourth-order valence-electron chi connectivity index (χ4n) is 1.08. The third-order valence-corrected chi connectivity index (χ3v) is 1.71. The summed E-state index contributed by atoms with van der Waals surface area (Å²) in [7, 11) is 1.93. The molecule has 0 saturated carbocycles. The maximum Gasteiger partial charge on any atom is 0.0501 e. The zero-order valence-electron chi connectivity index (χ0n) is 6.75. The lowest BCUT2D eigenvalue weighted by molar-refractivity contribution is 0.716. The molecule has 0 radical (unpaired) electrons. The third kappa shape index (κ3) is 1.92. The molecule has 1 aromatic rings. The molecule has 1 aromatic carbocycles. The van der Waals surface area contributed by atoms with E-state index in [1.807, 2.05) is 31.3 Å². The summed E-state index contributed by atoms with van der Waals surface area (Å²) in [6, 6.07) is 10.5. The highest BCUT2D eigenvalue weighted by atomic mass is 14.9. The van der Waals surface area contributed by atoms with Crippen molar-refractivity contribution in [2.75, 3.05) is 7.05 Å². The Bertz CT molecular complexity index is 216. The van der Waals surface area contributed by atoms with Crippen LogP contribution in [-0.2, 0) is 0 Å². The number of hydrogen-bond donors (Lipinski definition) is 1. The predicted molar refractivity (Wildman–Crippen MR) is 48.4 cm³/mol. The molecular weight excluding hydrogens is 134 g/mol. The molecule has 1 unspecified atom stereocenters. The summed E-state index contributed by atoms with van der Waals surface area (Å²) in [4.78, 5) is 0. The van der Waals surface area contributed by atoms with Crippen molar-refractivity contribution in [3.8, 4) is 0 Å². The molecule has 0 fully saturated rings. The summed E-state index contributed by atoms with van der Waals surface area (Å²) in [6.45, 7) is 3.75. The lowest BCUT2D eigenvalue weighted by Gasteiger charge is -2.10. The van der Waals surface area contributed by atoms with Crippen LogP contribution in [0.1, 0.15) is 11.6 Å². The van der Waals surface area contributed by atoms with Gasteiger partial charge in [-0.05, 0) is 12.6 Å². The molecule has 1 nitrogen and oxygen atoms in total. The van der Waals surface area contributed by atoms with Crippen molar-refractivity contribution in [3.63, 3.8) is 0 Å². The van der Waals surface area contributed by atoms with Gasteiger partial charge in [-0.15, -0.1) is 6.58 Å². The Hall–Kier alpha value is -1.08. The van der Waals surface area contributed by atoms with E-state index in [2.05, 4.69) is 24.0 Å². The molecule has 0 aliphatic heterocycles. The van der Waals surface area contributed by atoms with Crippen molar-refractivity contribution in [2.24, 2.45) is 0 Å². The van der Waals surface area contributed by atoms with E-state index in [1.54, 1.807) is 0 Å². The second-order valence-corrected chi connectivity index (χ2v) is 2.41. The molecule has 58 valence electrons. The van der Waals surface area contributed by atoms with Gasteiger partial charge in [0, 0.05) is 0 Å². The summed E-state index contributed by atoms with van der Waals surface area (Å²) < 4.78 is 0. The Morgan fingerprint density at radius 1 is 1.36 bits per heavy atom. The molecule has 0 aromatic heterocycles. The van der Waals surface area contributed by atoms with Crippen LogP contribution >= 0.6 is 0 Å². The van der Waals surface area contributed by atoms with Gasteiger partial charge in [0.25, 0.3) is 0 Å². The SMILES string of the molecule is C=CC(NC)c1ccccc1. The van der Waals surface area contributed by atoms with E-state index in [4.69, 9.17) is 0 Å². The molecule has 1 heteroatoms. The zero-order chi connectivity index (χ0) is 8.10. The van der Waals surface area contributed by atoms with Crippen molar-refractivity contribution in [1.82, 2.24) is 5.32 Å². The fourth-order valence-corrected chi connectivity index (χ4v) is 1.08. The maximum atomic E-state index is 3.75. The molecule has 0 amide bonds. The standard InChI is InChI=1S/C10H13N/c1-3-10(11-2)9-7-5-4-6-8-9/h3-8,10-11H,1H2,2H3. The average Bonchev–Trinajstić information content (AvgIpc) is 2.09. The first-order chi connectivity index (χ1) is 5.38. The van der Waals surface area contributed by atoms with Crippen LogP contribution in [0.25, 0.3) is 0 Å². The van der Waals surface area contributed by atoms with Gasteiger partial charge in [-0.1, -0.05) is 36.4 Å². The van der Waals surface area contributed by atoms with E-state index < -0.39 is 0 Å². The monoisotopic (exact) mass is 147 g/mol. The van der Waals surface area contributed by atoms with E-state index in [9.17, 15) is 0 Å². The van der Waals surface area contributed by atoms with Gasteiger partial charge in [-0.3, -0.25) is 0 Å². The molecule has 0 aliphatic rings. The number of nitrogens with one attached hydrogen (secondary N) is 1. The zero-order valence-corrected chi connectivity index (χ0v) is 6.75. The van der Waals surface area contributed by atoms with Gasteiger partial charge >= 0.3 is 0 Å². The highest BCUT2D eigenvalue weighted by molar-refractivity contribution is 5.21. The molecule has 1 rings (SSSR count). The van der Waals surface area contributed by atoms with Crippen LogP contribution in [0.5, 0.6) is 0 Å². The maximum absolute atomic E-state index is 3.75. The van der Waals surface area contributed by atoms with Crippen molar-refractivity contribution >= 4 is 0 Å². The van der Waals surface area contributed by atoms with E-state index in [1.165, 1.54) is 5.56 Å². The lowest BCUT2D eigenvalue weighted by atomic mass is 10.1. The van der Waals surface area contributed by atoms with Gasteiger partial charge in [0.05, 0.1) is 6.04 Å². The first kappa shape index (κ1) is 8.02.